The molecule has 0 aromatic heterocycles. The molecule has 1 aromatic rings. The van der Waals surface area contributed by atoms with Crippen LogP contribution in [0.4, 0.5) is 0 Å². The molecule has 0 aliphatic carbocycles. The fourth-order valence-electron chi connectivity index (χ4n) is 1.80. The highest BCUT2D eigenvalue weighted by Gasteiger charge is 2.30. The minimum absolute atomic E-state index is 0.208. The van der Waals surface area contributed by atoms with Crippen LogP contribution in [0.25, 0.3) is 0 Å². The van der Waals surface area contributed by atoms with Crippen LogP contribution >= 0.6 is 11.6 Å². The quantitative estimate of drug-likeness (QED) is 0.825. The highest BCUT2D eigenvalue weighted by Crippen LogP contribution is 2.26. The van der Waals surface area contributed by atoms with Gasteiger partial charge in [0.05, 0.1) is 6.07 Å². The van der Waals surface area contributed by atoms with Crippen LogP contribution in [0, 0.1) is 11.3 Å². The van der Waals surface area contributed by atoms with Crippen molar-refractivity contribution >= 4 is 11.6 Å². The number of hydrogen-bond donors (Lipinski definition) is 1. The topological polar surface area (TPSA) is 53.0 Å². The van der Waals surface area contributed by atoms with Crippen molar-refractivity contribution in [3.05, 3.63) is 34.9 Å². The normalized spacial score (nSPS) is 19.3. The first-order valence-electron chi connectivity index (χ1n) is 4.85. The Labute approximate surface area is 94.0 Å². The molecule has 78 valence electrons. The number of benzene rings is 1. The molecule has 1 fully saturated rings. The Morgan fingerprint density at radius 2 is 2.27 bits per heavy atom. The second kappa shape index (κ2) is 4.19. The summed E-state index contributed by atoms with van der Waals surface area (Å²) in [7, 11) is 0. The van der Waals surface area contributed by atoms with E-state index >= 15 is 0 Å². The van der Waals surface area contributed by atoms with Crippen LogP contribution < -0.4 is 5.73 Å². The number of rotatable bonds is 2. The molecule has 1 aliphatic rings. The van der Waals surface area contributed by atoms with Crippen LogP contribution in [0.15, 0.2) is 24.3 Å². The molecule has 1 aromatic carbocycles. The van der Waals surface area contributed by atoms with Crippen LogP contribution in [-0.4, -0.2) is 24.0 Å². The fraction of sp³-hybridized carbons (Fsp3) is 0.364. The summed E-state index contributed by atoms with van der Waals surface area (Å²) >= 11 is 5.89. The third kappa shape index (κ3) is 2.13. The first-order valence-corrected chi connectivity index (χ1v) is 5.23. The molecule has 1 aliphatic heterocycles. The zero-order valence-corrected chi connectivity index (χ0v) is 8.98. The maximum Gasteiger partial charge on any atom is 0.124 e. The predicted octanol–water partition coefficient (Wildman–Crippen LogP) is 1.55. The Bertz CT molecular complexity index is 393. The van der Waals surface area contributed by atoms with Crippen molar-refractivity contribution in [2.45, 2.75) is 12.1 Å². The molecule has 0 saturated carbocycles. The maximum absolute atomic E-state index is 9.12. The van der Waals surface area contributed by atoms with Gasteiger partial charge >= 0.3 is 0 Å². The number of halogens is 1. The number of nitrogens with zero attached hydrogens (tertiary/aromatic N) is 2. The Kier molecular flexibility index (Phi) is 2.92. The van der Waals surface area contributed by atoms with Gasteiger partial charge < -0.3 is 5.73 Å². The van der Waals surface area contributed by atoms with E-state index in [-0.39, 0.29) is 12.1 Å². The number of hydrogen-bond acceptors (Lipinski definition) is 3. The van der Waals surface area contributed by atoms with E-state index in [0.29, 0.717) is 5.02 Å². The van der Waals surface area contributed by atoms with Crippen LogP contribution in [0.1, 0.15) is 11.6 Å². The molecule has 0 radical (unpaired) electrons. The molecule has 0 amide bonds. The smallest absolute Gasteiger partial charge is 0.124 e. The highest BCUT2D eigenvalue weighted by atomic mass is 35.5. The standard InChI is InChI=1S/C11H12ClN3/c12-9-3-1-2-8(4-9)11(5-13)15-6-10(14)7-15/h1-4,10-11H,6-7,14H2/t11-/m1/s1. The average Bonchev–Trinajstić information content (AvgIpc) is 2.16. The van der Waals surface area contributed by atoms with E-state index < -0.39 is 0 Å². The molecule has 2 N–H and O–H groups in total. The second-order valence-corrected chi connectivity index (χ2v) is 4.24. The third-order valence-corrected chi connectivity index (χ3v) is 2.82. The molecular formula is C11H12ClN3. The van der Waals surface area contributed by atoms with Crippen molar-refractivity contribution in [3.8, 4) is 6.07 Å². The summed E-state index contributed by atoms with van der Waals surface area (Å²) in [5.74, 6) is 0. The number of nitrogens with two attached hydrogens (primary N) is 1. The van der Waals surface area contributed by atoms with Crippen molar-refractivity contribution in [2.75, 3.05) is 13.1 Å². The van der Waals surface area contributed by atoms with E-state index in [4.69, 9.17) is 22.6 Å². The molecule has 3 nitrogen and oxygen atoms in total. The predicted molar refractivity (Wildman–Crippen MR) is 59.4 cm³/mol. The first-order chi connectivity index (χ1) is 7.20. The van der Waals surface area contributed by atoms with Crippen LogP contribution in [0.2, 0.25) is 5.02 Å². The van der Waals surface area contributed by atoms with E-state index in [1.54, 1.807) is 6.07 Å². The van der Waals surface area contributed by atoms with Crippen molar-refractivity contribution in [2.24, 2.45) is 5.73 Å². The van der Waals surface area contributed by atoms with Crippen molar-refractivity contribution in [1.29, 1.82) is 5.26 Å². The van der Waals surface area contributed by atoms with Crippen molar-refractivity contribution in [3.63, 3.8) is 0 Å². The van der Waals surface area contributed by atoms with Gasteiger partial charge in [-0.2, -0.15) is 5.26 Å². The van der Waals surface area contributed by atoms with E-state index in [9.17, 15) is 0 Å². The Hall–Kier alpha value is -1.08. The zero-order chi connectivity index (χ0) is 10.8. The van der Waals surface area contributed by atoms with E-state index in [0.717, 1.165) is 18.7 Å². The van der Waals surface area contributed by atoms with Gasteiger partial charge in [0, 0.05) is 24.2 Å². The summed E-state index contributed by atoms with van der Waals surface area (Å²) in [4.78, 5) is 2.05. The van der Waals surface area contributed by atoms with Crippen LogP contribution in [0.3, 0.4) is 0 Å². The molecule has 4 heteroatoms. The number of nitriles is 1. The van der Waals surface area contributed by atoms with Gasteiger partial charge in [0.25, 0.3) is 0 Å². The van der Waals surface area contributed by atoms with E-state index in [2.05, 4.69) is 11.0 Å². The molecule has 1 saturated heterocycles. The zero-order valence-electron chi connectivity index (χ0n) is 8.23. The van der Waals surface area contributed by atoms with Gasteiger partial charge in [0.15, 0.2) is 0 Å². The van der Waals surface area contributed by atoms with Crippen molar-refractivity contribution < 1.29 is 0 Å². The fourth-order valence-corrected chi connectivity index (χ4v) is 2.00. The van der Waals surface area contributed by atoms with Gasteiger partial charge in [-0.15, -0.1) is 0 Å². The maximum atomic E-state index is 9.12. The summed E-state index contributed by atoms with van der Waals surface area (Å²) in [6.45, 7) is 1.56. The molecule has 2 rings (SSSR count). The average molecular weight is 222 g/mol. The molecular weight excluding hydrogens is 210 g/mol. The molecule has 15 heavy (non-hydrogen) atoms. The summed E-state index contributed by atoms with van der Waals surface area (Å²) in [5.41, 5.74) is 6.63. The summed E-state index contributed by atoms with van der Waals surface area (Å²) in [6, 6.07) is 9.69. The lowest BCUT2D eigenvalue weighted by Gasteiger charge is -2.39. The lowest BCUT2D eigenvalue weighted by Crippen LogP contribution is -2.56. The van der Waals surface area contributed by atoms with E-state index in [1.165, 1.54) is 0 Å². The SMILES string of the molecule is N#C[C@H](c1cccc(Cl)c1)N1CC(N)C1. The Balaban J connectivity index is 2.17. The molecule has 1 heterocycles. The van der Waals surface area contributed by atoms with Crippen LogP contribution in [-0.2, 0) is 0 Å². The number of likely N-dealkylation sites (tertiary alicyclic amines) is 1. The van der Waals surface area contributed by atoms with Crippen LogP contribution in [0.5, 0.6) is 0 Å². The highest BCUT2D eigenvalue weighted by molar-refractivity contribution is 6.30. The minimum atomic E-state index is -0.219. The third-order valence-electron chi connectivity index (χ3n) is 2.59. The molecule has 0 bridgehead atoms. The molecule has 0 spiro atoms. The van der Waals surface area contributed by atoms with Gasteiger partial charge in [-0.25, -0.2) is 0 Å². The van der Waals surface area contributed by atoms with Gasteiger partial charge in [0.1, 0.15) is 6.04 Å². The monoisotopic (exact) mass is 221 g/mol. The molecule has 0 unspecified atom stereocenters. The second-order valence-electron chi connectivity index (χ2n) is 3.80. The lowest BCUT2D eigenvalue weighted by molar-refractivity contribution is 0.121. The summed E-state index contributed by atoms with van der Waals surface area (Å²) in [6.07, 6.45) is 0. The van der Waals surface area contributed by atoms with Gasteiger partial charge in [0.2, 0.25) is 0 Å². The summed E-state index contributed by atoms with van der Waals surface area (Å²) in [5, 5.41) is 9.78. The van der Waals surface area contributed by atoms with E-state index in [1.807, 2.05) is 18.2 Å². The van der Waals surface area contributed by atoms with Crippen molar-refractivity contribution in [1.82, 2.24) is 4.90 Å². The molecule has 1 atom stereocenters. The first kappa shape index (κ1) is 10.4. The Morgan fingerprint density at radius 3 is 2.80 bits per heavy atom. The minimum Gasteiger partial charge on any atom is -0.325 e. The van der Waals surface area contributed by atoms with Gasteiger partial charge in [-0.05, 0) is 17.7 Å². The Morgan fingerprint density at radius 1 is 1.53 bits per heavy atom. The van der Waals surface area contributed by atoms with Gasteiger partial charge in [-0.1, -0.05) is 23.7 Å². The lowest BCUT2D eigenvalue weighted by atomic mass is 10.0. The largest absolute Gasteiger partial charge is 0.325 e. The van der Waals surface area contributed by atoms with Gasteiger partial charge in [-0.3, -0.25) is 4.90 Å². The summed E-state index contributed by atoms with van der Waals surface area (Å²) < 4.78 is 0.